The minimum Gasteiger partial charge on any atom is -0.309 e. The van der Waals surface area contributed by atoms with Crippen LogP contribution >= 0.6 is 38.9 Å². The zero-order valence-electron chi connectivity index (χ0n) is 9.93. The lowest BCUT2D eigenvalue weighted by Crippen LogP contribution is -2.18. The first-order chi connectivity index (χ1) is 8.56. The SMILES string of the molecule is CNC(c1ccc(Br)c(Cl)c1F)c1sccc1C. The molecule has 1 atom stereocenters. The van der Waals surface area contributed by atoms with E-state index in [1.807, 2.05) is 25.4 Å². The van der Waals surface area contributed by atoms with Gasteiger partial charge in [-0.2, -0.15) is 0 Å². The molecule has 2 rings (SSSR count). The van der Waals surface area contributed by atoms with Gasteiger partial charge in [-0.1, -0.05) is 17.7 Å². The lowest BCUT2D eigenvalue weighted by molar-refractivity contribution is 0.578. The second-order valence-electron chi connectivity index (χ2n) is 3.95. The van der Waals surface area contributed by atoms with E-state index in [1.165, 1.54) is 0 Å². The normalized spacial score (nSPS) is 12.7. The van der Waals surface area contributed by atoms with Crippen LogP contribution in [-0.4, -0.2) is 7.05 Å². The fraction of sp³-hybridized carbons (Fsp3) is 0.231. The van der Waals surface area contributed by atoms with Crippen molar-refractivity contribution >= 4 is 38.9 Å². The number of hydrogen-bond acceptors (Lipinski definition) is 2. The molecule has 1 aromatic carbocycles. The molecule has 2 aromatic rings. The first-order valence-corrected chi connectivity index (χ1v) is 7.46. The summed E-state index contributed by atoms with van der Waals surface area (Å²) in [5.41, 5.74) is 1.72. The molecule has 1 heterocycles. The molecule has 0 saturated heterocycles. The topological polar surface area (TPSA) is 12.0 Å². The second kappa shape index (κ2) is 5.70. The fourth-order valence-electron chi connectivity index (χ4n) is 1.87. The van der Waals surface area contributed by atoms with Gasteiger partial charge in [0.1, 0.15) is 5.82 Å². The number of rotatable bonds is 3. The number of halogens is 3. The van der Waals surface area contributed by atoms with E-state index < -0.39 is 0 Å². The first kappa shape index (κ1) is 14.0. The highest BCUT2D eigenvalue weighted by atomic mass is 79.9. The summed E-state index contributed by atoms with van der Waals surface area (Å²) in [5.74, 6) is -0.377. The molecule has 1 nitrogen and oxygen atoms in total. The molecule has 0 aliphatic heterocycles. The van der Waals surface area contributed by atoms with Crippen LogP contribution in [0.5, 0.6) is 0 Å². The summed E-state index contributed by atoms with van der Waals surface area (Å²) in [4.78, 5) is 1.11. The van der Waals surface area contributed by atoms with Crippen molar-refractivity contribution in [2.24, 2.45) is 0 Å². The zero-order chi connectivity index (χ0) is 13.3. The Balaban J connectivity index is 2.53. The van der Waals surface area contributed by atoms with Crippen LogP contribution in [0.15, 0.2) is 28.1 Å². The van der Waals surface area contributed by atoms with E-state index in [9.17, 15) is 4.39 Å². The standard InChI is InChI=1S/C13H12BrClFNS/c1-7-5-6-18-13(7)12(17-2)8-3-4-9(14)10(15)11(8)16/h3-6,12,17H,1-2H3. The van der Waals surface area contributed by atoms with E-state index in [2.05, 4.69) is 21.2 Å². The van der Waals surface area contributed by atoms with Crippen LogP contribution < -0.4 is 5.32 Å². The predicted octanol–water partition coefficient (Wildman–Crippen LogP) is 4.92. The molecule has 0 fully saturated rings. The largest absolute Gasteiger partial charge is 0.309 e. The maximum Gasteiger partial charge on any atom is 0.148 e. The highest BCUT2D eigenvalue weighted by Gasteiger charge is 2.21. The van der Waals surface area contributed by atoms with Gasteiger partial charge in [0.15, 0.2) is 0 Å². The van der Waals surface area contributed by atoms with Gasteiger partial charge in [-0.15, -0.1) is 11.3 Å². The van der Waals surface area contributed by atoms with Crippen molar-refractivity contribution in [2.75, 3.05) is 7.05 Å². The monoisotopic (exact) mass is 347 g/mol. The third-order valence-corrected chi connectivity index (χ3v) is 5.17. The van der Waals surface area contributed by atoms with Crippen LogP contribution in [-0.2, 0) is 0 Å². The van der Waals surface area contributed by atoms with Crippen molar-refractivity contribution in [3.63, 3.8) is 0 Å². The summed E-state index contributed by atoms with van der Waals surface area (Å²) >= 11 is 10.8. The van der Waals surface area contributed by atoms with Gasteiger partial charge in [0.25, 0.3) is 0 Å². The Kier molecular flexibility index (Phi) is 4.43. The van der Waals surface area contributed by atoms with E-state index in [1.54, 1.807) is 23.5 Å². The Morgan fingerprint density at radius 1 is 1.39 bits per heavy atom. The zero-order valence-corrected chi connectivity index (χ0v) is 13.1. The van der Waals surface area contributed by atoms with Gasteiger partial charge in [-0.25, -0.2) is 4.39 Å². The first-order valence-electron chi connectivity index (χ1n) is 5.41. The molecule has 0 aliphatic carbocycles. The Morgan fingerprint density at radius 3 is 2.67 bits per heavy atom. The molecule has 5 heteroatoms. The third kappa shape index (κ3) is 2.48. The number of aryl methyl sites for hydroxylation is 1. The van der Waals surface area contributed by atoms with Gasteiger partial charge in [0, 0.05) is 14.9 Å². The molecule has 96 valence electrons. The highest BCUT2D eigenvalue weighted by Crippen LogP contribution is 2.35. The van der Waals surface area contributed by atoms with Gasteiger partial charge in [-0.05, 0) is 53.0 Å². The Hall–Kier alpha value is -0.420. The second-order valence-corrected chi connectivity index (χ2v) is 6.13. The lowest BCUT2D eigenvalue weighted by atomic mass is 10.0. The number of thiophene rings is 1. The number of benzene rings is 1. The summed E-state index contributed by atoms with van der Waals surface area (Å²) in [7, 11) is 1.82. The van der Waals surface area contributed by atoms with Gasteiger partial charge in [-0.3, -0.25) is 0 Å². The van der Waals surface area contributed by atoms with Crippen LogP contribution in [0.25, 0.3) is 0 Å². The molecule has 18 heavy (non-hydrogen) atoms. The Bertz CT molecular complexity index is 570. The van der Waals surface area contributed by atoms with Gasteiger partial charge in [0.05, 0.1) is 11.1 Å². The summed E-state index contributed by atoms with van der Waals surface area (Å²) < 4.78 is 14.8. The Labute approximate surface area is 123 Å². The molecule has 1 unspecified atom stereocenters. The molecule has 1 aromatic heterocycles. The van der Waals surface area contributed by atoms with Crippen LogP contribution in [0.3, 0.4) is 0 Å². The summed E-state index contributed by atoms with van der Waals surface area (Å²) in [5, 5.41) is 5.28. The third-order valence-electron chi connectivity index (χ3n) is 2.83. The fourth-order valence-corrected chi connectivity index (χ4v) is 3.40. The maximum atomic E-state index is 14.2. The van der Waals surface area contributed by atoms with E-state index in [0.717, 1.165) is 10.4 Å². The van der Waals surface area contributed by atoms with E-state index in [-0.39, 0.29) is 16.9 Å². The minimum atomic E-state index is -0.377. The molecular formula is C13H12BrClFNS. The molecular weight excluding hydrogens is 337 g/mol. The van der Waals surface area contributed by atoms with Crippen molar-refractivity contribution in [2.45, 2.75) is 13.0 Å². The molecule has 0 saturated carbocycles. The lowest BCUT2D eigenvalue weighted by Gasteiger charge is -2.18. The van der Waals surface area contributed by atoms with E-state index in [0.29, 0.717) is 10.0 Å². The molecule has 0 spiro atoms. The van der Waals surface area contributed by atoms with Crippen LogP contribution in [0.1, 0.15) is 22.0 Å². The number of nitrogens with one attached hydrogen (secondary N) is 1. The average molecular weight is 349 g/mol. The molecule has 0 amide bonds. The summed E-state index contributed by atoms with van der Waals surface area (Å²) in [6.07, 6.45) is 0. The average Bonchev–Trinajstić information content (AvgIpc) is 2.77. The molecule has 0 bridgehead atoms. The van der Waals surface area contributed by atoms with Gasteiger partial charge in [0.2, 0.25) is 0 Å². The van der Waals surface area contributed by atoms with E-state index in [4.69, 9.17) is 11.6 Å². The Morgan fingerprint density at radius 2 is 2.11 bits per heavy atom. The highest BCUT2D eigenvalue weighted by molar-refractivity contribution is 9.10. The van der Waals surface area contributed by atoms with Crippen molar-refractivity contribution in [1.29, 1.82) is 0 Å². The smallest absolute Gasteiger partial charge is 0.148 e. The van der Waals surface area contributed by atoms with Crippen molar-refractivity contribution in [3.05, 3.63) is 54.9 Å². The predicted molar refractivity (Wildman–Crippen MR) is 79.1 cm³/mol. The summed E-state index contributed by atoms with van der Waals surface area (Å²) in [6.45, 7) is 2.02. The molecule has 1 N–H and O–H groups in total. The van der Waals surface area contributed by atoms with Crippen LogP contribution in [0.4, 0.5) is 4.39 Å². The van der Waals surface area contributed by atoms with Crippen molar-refractivity contribution in [3.8, 4) is 0 Å². The van der Waals surface area contributed by atoms with Gasteiger partial charge >= 0.3 is 0 Å². The molecule has 0 radical (unpaired) electrons. The maximum absolute atomic E-state index is 14.2. The minimum absolute atomic E-state index is 0.127. The van der Waals surface area contributed by atoms with Crippen molar-refractivity contribution < 1.29 is 4.39 Å². The van der Waals surface area contributed by atoms with Crippen molar-refractivity contribution in [1.82, 2.24) is 5.32 Å². The van der Waals surface area contributed by atoms with Crippen LogP contribution in [0, 0.1) is 12.7 Å². The van der Waals surface area contributed by atoms with Crippen LogP contribution in [0.2, 0.25) is 5.02 Å². The number of hydrogen-bond donors (Lipinski definition) is 1. The molecule has 0 aliphatic rings. The van der Waals surface area contributed by atoms with E-state index >= 15 is 0 Å². The van der Waals surface area contributed by atoms with Gasteiger partial charge < -0.3 is 5.32 Å². The quantitative estimate of drug-likeness (QED) is 0.776. The summed E-state index contributed by atoms with van der Waals surface area (Å²) in [6, 6.07) is 5.39.